The average Bonchev–Trinajstić information content (AvgIpc) is 2.92. The van der Waals surface area contributed by atoms with Crippen molar-refractivity contribution in [1.29, 1.82) is 0 Å². The number of nitrogens with zero attached hydrogens (tertiary/aromatic N) is 4. The van der Waals surface area contributed by atoms with Crippen molar-refractivity contribution in [3.8, 4) is 0 Å². The monoisotopic (exact) mass is 376 g/mol. The fraction of sp³-hybridized carbons (Fsp3) is 0.500. The van der Waals surface area contributed by atoms with Crippen molar-refractivity contribution in [3.05, 3.63) is 28.3 Å². The average molecular weight is 377 g/mol. The van der Waals surface area contributed by atoms with Crippen molar-refractivity contribution in [2.24, 2.45) is 7.05 Å². The molecule has 0 saturated heterocycles. The van der Waals surface area contributed by atoms with E-state index >= 15 is 0 Å². The Balaban J connectivity index is 2.42. The highest BCUT2D eigenvalue weighted by molar-refractivity contribution is 9.10. The minimum atomic E-state index is -3.74. The van der Waals surface area contributed by atoms with E-state index in [1.807, 2.05) is 26.8 Å². The maximum atomic E-state index is 12.8. The van der Waals surface area contributed by atoms with Crippen LogP contribution in [0.25, 0.3) is 0 Å². The van der Waals surface area contributed by atoms with Crippen molar-refractivity contribution in [1.82, 2.24) is 19.3 Å². The van der Waals surface area contributed by atoms with Gasteiger partial charge in [-0.2, -0.15) is 4.31 Å². The third-order valence-corrected chi connectivity index (χ3v) is 5.88. The Kier molecular flexibility index (Phi) is 4.54. The van der Waals surface area contributed by atoms with Gasteiger partial charge in [-0.3, -0.25) is 0 Å². The molecule has 2 heterocycles. The number of hydrogen-bond acceptors (Lipinski definition) is 5. The quantitative estimate of drug-likeness (QED) is 0.797. The first-order valence-corrected chi connectivity index (χ1v) is 8.59. The molecular weight excluding hydrogens is 360 g/mol. The van der Waals surface area contributed by atoms with Crippen LogP contribution in [0.1, 0.15) is 25.4 Å². The minimum absolute atomic E-state index is 0.0273. The van der Waals surface area contributed by atoms with Crippen LogP contribution >= 0.6 is 15.9 Å². The molecule has 0 amide bonds. The van der Waals surface area contributed by atoms with E-state index in [1.54, 1.807) is 13.1 Å². The van der Waals surface area contributed by atoms with Gasteiger partial charge in [-0.05, 0) is 48.8 Å². The molecule has 21 heavy (non-hydrogen) atoms. The molecular formula is C12H17BrN4O3S. The molecule has 0 aromatic carbocycles. The summed E-state index contributed by atoms with van der Waals surface area (Å²) in [6, 6.07) is 3.35. The summed E-state index contributed by atoms with van der Waals surface area (Å²) in [5, 5.41) is 7.49. The predicted molar refractivity (Wildman–Crippen MR) is 80.0 cm³/mol. The Morgan fingerprint density at radius 1 is 1.43 bits per heavy atom. The topological polar surface area (TPSA) is 81.2 Å². The zero-order valence-corrected chi connectivity index (χ0v) is 14.6. The number of sulfonamides is 1. The molecule has 0 bridgehead atoms. The van der Waals surface area contributed by atoms with E-state index in [-0.39, 0.29) is 22.2 Å². The molecule has 0 fully saturated rings. The maximum Gasteiger partial charge on any atom is 0.263 e. The standard InChI is InChI=1S/C12H17BrN4O3S/c1-8(2)17(7-10-6-5-9(3)20-10)21(18,19)12-11(13)14-15-16(12)4/h5-6,8H,7H2,1-4H3. The number of hydrogen-bond donors (Lipinski definition) is 0. The van der Waals surface area contributed by atoms with Crippen LogP contribution in [-0.2, 0) is 23.6 Å². The highest BCUT2D eigenvalue weighted by Crippen LogP contribution is 2.25. The molecule has 0 N–H and O–H groups in total. The molecule has 2 aromatic heterocycles. The highest BCUT2D eigenvalue weighted by atomic mass is 79.9. The predicted octanol–water partition coefficient (Wildman–Crippen LogP) is 2.08. The van der Waals surface area contributed by atoms with Crippen LogP contribution in [0.15, 0.2) is 26.2 Å². The Hall–Kier alpha value is -1.19. The summed E-state index contributed by atoms with van der Waals surface area (Å²) in [4.78, 5) is 0. The van der Waals surface area contributed by atoms with Gasteiger partial charge in [-0.1, -0.05) is 5.21 Å². The first-order valence-electron chi connectivity index (χ1n) is 6.36. The molecule has 2 aromatic rings. The highest BCUT2D eigenvalue weighted by Gasteiger charge is 2.33. The van der Waals surface area contributed by atoms with Gasteiger partial charge in [0.2, 0.25) is 5.03 Å². The Morgan fingerprint density at radius 3 is 2.52 bits per heavy atom. The fourth-order valence-electron chi connectivity index (χ4n) is 1.98. The summed E-state index contributed by atoms with van der Waals surface area (Å²) in [6.45, 7) is 5.60. The SMILES string of the molecule is Cc1ccc(CN(C(C)C)S(=O)(=O)c2c(Br)nnn2C)o1. The van der Waals surface area contributed by atoms with Crippen molar-refractivity contribution in [2.45, 2.75) is 38.4 Å². The van der Waals surface area contributed by atoms with Crippen molar-refractivity contribution in [2.75, 3.05) is 0 Å². The molecule has 0 saturated carbocycles. The van der Waals surface area contributed by atoms with Crippen LogP contribution in [0.5, 0.6) is 0 Å². The first kappa shape index (κ1) is 16.2. The molecule has 116 valence electrons. The van der Waals surface area contributed by atoms with E-state index in [0.717, 1.165) is 5.76 Å². The van der Waals surface area contributed by atoms with Gasteiger partial charge in [0.25, 0.3) is 10.0 Å². The molecule has 0 aliphatic rings. The molecule has 0 unspecified atom stereocenters. The summed E-state index contributed by atoms with van der Waals surface area (Å²) in [5.41, 5.74) is 0. The van der Waals surface area contributed by atoms with Gasteiger partial charge in [0.05, 0.1) is 6.54 Å². The first-order chi connectivity index (χ1) is 9.73. The summed E-state index contributed by atoms with van der Waals surface area (Å²) in [5.74, 6) is 1.34. The van der Waals surface area contributed by atoms with Gasteiger partial charge in [0.15, 0.2) is 4.60 Å². The van der Waals surface area contributed by atoms with Gasteiger partial charge in [0.1, 0.15) is 11.5 Å². The number of aryl methyl sites for hydroxylation is 2. The van der Waals surface area contributed by atoms with Crippen LogP contribution in [0, 0.1) is 6.92 Å². The Bertz CT molecular complexity index is 716. The fourth-order valence-corrected chi connectivity index (χ4v) is 4.62. The maximum absolute atomic E-state index is 12.8. The summed E-state index contributed by atoms with van der Waals surface area (Å²) < 4.78 is 34.0. The van der Waals surface area contributed by atoms with Crippen molar-refractivity contribution < 1.29 is 12.8 Å². The number of aromatic nitrogens is 3. The second-order valence-electron chi connectivity index (χ2n) is 4.97. The largest absolute Gasteiger partial charge is 0.465 e. The van der Waals surface area contributed by atoms with E-state index in [4.69, 9.17) is 4.42 Å². The molecule has 0 atom stereocenters. The zero-order chi connectivity index (χ0) is 15.8. The lowest BCUT2D eigenvalue weighted by atomic mass is 10.3. The number of halogens is 1. The molecule has 0 aliphatic heterocycles. The van der Waals surface area contributed by atoms with Crippen LogP contribution in [0.2, 0.25) is 0 Å². The lowest BCUT2D eigenvalue weighted by Crippen LogP contribution is -2.37. The van der Waals surface area contributed by atoms with Gasteiger partial charge in [-0.25, -0.2) is 13.1 Å². The van der Waals surface area contributed by atoms with Crippen LogP contribution in [0.3, 0.4) is 0 Å². The van der Waals surface area contributed by atoms with Crippen LogP contribution in [0.4, 0.5) is 0 Å². The van der Waals surface area contributed by atoms with E-state index in [9.17, 15) is 8.42 Å². The Labute approximate surface area is 132 Å². The van der Waals surface area contributed by atoms with Gasteiger partial charge in [-0.15, -0.1) is 5.10 Å². The molecule has 9 heteroatoms. The lowest BCUT2D eigenvalue weighted by molar-refractivity contribution is 0.312. The second-order valence-corrected chi connectivity index (χ2v) is 7.52. The molecule has 7 nitrogen and oxygen atoms in total. The summed E-state index contributed by atoms with van der Waals surface area (Å²) >= 11 is 3.14. The van der Waals surface area contributed by atoms with Crippen molar-refractivity contribution in [3.63, 3.8) is 0 Å². The van der Waals surface area contributed by atoms with E-state index < -0.39 is 10.0 Å². The minimum Gasteiger partial charge on any atom is -0.465 e. The second kappa shape index (κ2) is 5.90. The van der Waals surface area contributed by atoms with E-state index in [1.165, 1.54) is 8.99 Å². The van der Waals surface area contributed by atoms with Crippen LogP contribution < -0.4 is 0 Å². The number of rotatable bonds is 5. The smallest absolute Gasteiger partial charge is 0.263 e. The normalized spacial score (nSPS) is 12.5. The summed E-state index contributed by atoms with van der Waals surface area (Å²) in [6.07, 6.45) is 0. The third kappa shape index (κ3) is 3.19. The van der Waals surface area contributed by atoms with Crippen molar-refractivity contribution >= 4 is 26.0 Å². The zero-order valence-electron chi connectivity index (χ0n) is 12.2. The van der Waals surface area contributed by atoms with E-state index in [2.05, 4.69) is 26.2 Å². The molecule has 0 aliphatic carbocycles. The van der Waals surface area contributed by atoms with Gasteiger partial charge < -0.3 is 4.42 Å². The van der Waals surface area contributed by atoms with E-state index in [0.29, 0.717) is 5.76 Å². The molecule has 2 rings (SSSR count). The van der Waals surface area contributed by atoms with Gasteiger partial charge >= 0.3 is 0 Å². The lowest BCUT2D eigenvalue weighted by Gasteiger charge is -2.24. The molecule has 0 radical (unpaired) electrons. The summed E-state index contributed by atoms with van der Waals surface area (Å²) in [7, 11) is -2.20. The Morgan fingerprint density at radius 2 is 2.10 bits per heavy atom. The van der Waals surface area contributed by atoms with Gasteiger partial charge in [0, 0.05) is 13.1 Å². The number of furan rings is 1. The third-order valence-electron chi connectivity index (χ3n) is 2.97. The van der Waals surface area contributed by atoms with Crippen LogP contribution in [-0.4, -0.2) is 33.8 Å². The molecule has 0 spiro atoms.